The van der Waals surface area contributed by atoms with Crippen LogP contribution < -0.4 is 20.7 Å². The number of methoxy groups -OCH3 is 1. The lowest BCUT2D eigenvalue weighted by Gasteiger charge is -2.12. The van der Waals surface area contributed by atoms with Gasteiger partial charge in [0, 0.05) is 17.8 Å². The Labute approximate surface area is 201 Å². The van der Waals surface area contributed by atoms with Gasteiger partial charge in [-0.15, -0.1) is 10.2 Å². The summed E-state index contributed by atoms with van der Waals surface area (Å²) >= 11 is 2.79. The van der Waals surface area contributed by atoms with E-state index in [1.807, 2.05) is 19.1 Å². The highest BCUT2D eigenvalue weighted by Crippen LogP contribution is 2.29. The molecule has 0 saturated heterocycles. The van der Waals surface area contributed by atoms with Gasteiger partial charge in [0.25, 0.3) is 5.91 Å². The van der Waals surface area contributed by atoms with Crippen molar-refractivity contribution in [1.82, 2.24) is 10.2 Å². The maximum atomic E-state index is 12.6. The van der Waals surface area contributed by atoms with Crippen LogP contribution in [-0.4, -0.2) is 40.9 Å². The molecule has 2 amide bonds. The van der Waals surface area contributed by atoms with E-state index < -0.39 is 0 Å². The van der Waals surface area contributed by atoms with Crippen LogP contribution >= 0.6 is 23.1 Å². The second kappa shape index (κ2) is 11.7. The zero-order valence-corrected chi connectivity index (χ0v) is 20.5. The number of nitrogens with one attached hydrogen (secondary N) is 3. The number of hydrogen-bond donors (Lipinski definition) is 3. The number of ether oxygens (including phenoxy) is 1. The van der Waals surface area contributed by atoms with E-state index in [2.05, 4.69) is 40.0 Å². The topological polar surface area (TPSA) is 105 Å². The molecular formula is C23H27N5O3S2. The predicted molar refractivity (Wildman–Crippen MR) is 135 cm³/mol. The highest BCUT2D eigenvalue weighted by atomic mass is 32.2. The van der Waals surface area contributed by atoms with Crippen LogP contribution in [0.2, 0.25) is 0 Å². The van der Waals surface area contributed by atoms with Gasteiger partial charge >= 0.3 is 0 Å². The summed E-state index contributed by atoms with van der Waals surface area (Å²) < 4.78 is 5.99. The summed E-state index contributed by atoms with van der Waals surface area (Å²) in [5.74, 6) is 0.672. The Balaban J connectivity index is 1.53. The monoisotopic (exact) mass is 485 g/mol. The normalized spacial score (nSPS) is 11.7. The van der Waals surface area contributed by atoms with E-state index in [0.29, 0.717) is 28.6 Å². The standard InChI is InChI=1S/C23H27N5O3S2/c1-14(2)13-24-22-27-28-23(33-22)32-15(3)20(29)25-17-11-9-16(10-12-17)21(30)26-18-7-5-6-8-19(18)31-4/h5-12,14-15H,13H2,1-4H3,(H,24,27)(H,25,29)(H,26,30). The van der Waals surface area contributed by atoms with E-state index in [1.165, 1.54) is 23.1 Å². The summed E-state index contributed by atoms with van der Waals surface area (Å²) in [5, 5.41) is 17.6. The summed E-state index contributed by atoms with van der Waals surface area (Å²) in [5.41, 5.74) is 1.67. The van der Waals surface area contributed by atoms with Crippen LogP contribution in [0.4, 0.5) is 16.5 Å². The maximum Gasteiger partial charge on any atom is 0.255 e. The lowest BCUT2D eigenvalue weighted by atomic mass is 10.2. The Hall–Kier alpha value is -3.11. The van der Waals surface area contributed by atoms with Crippen LogP contribution in [0.25, 0.3) is 0 Å². The minimum atomic E-state index is -0.357. The van der Waals surface area contributed by atoms with Crippen molar-refractivity contribution in [2.45, 2.75) is 30.4 Å². The summed E-state index contributed by atoms with van der Waals surface area (Å²) in [7, 11) is 1.55. The van der Waals surface area contributed by atoms with E-state index in [0.717, 1.165) is 16.0 Å². The third-order valence-corrected chi connectivity index (χ3v) is 6.55. The molecule has 10 heteroatoms. The highest BCUT2D eigenvalue weighted by molar-refractivity contribution is 8.02. The Morgan fingerprint density at radius 2 is 1.76 bits per heavy atom. The second-order valence-electron chi connectivity index (χ2n) is 7.63. The molecule has 1 unspecified atom stereocenters. The number of hydrogen-bond acceptors (Lipinski definition) is 8. The van der Waals surface area contributed by atoms with E-state index in [9.17, 15) is 9.59 Å². The SMILES string of the molecule is COc1ccccc1NC(=O)c1ccc(NC(=O)C(C)Sc2nnc(NCC(C)C)s2)cc1. The van der Waals surface area contributed by atoms with Crippen molar-refractivity contribution in [2.75, 3.05) is 29.6 Å². The fourth-order valence-electron chi connectivity index (χ4n) is 2.72. The number of nitrogens with zero attached hydrogens (tertiary/aromatic N) is 2. The molecule has 0 saturated carbocycles. The first-order valence-electron chi connectivity index (χ1n) is 10.4. The molecule has 8 nitrogen and oxygen atoms in total. The third kappa shape index (κ3) is 7.19. The number of amides is 2. The molecular weight excluding hydrogens is 458 g/mol. The van der Waals surface area contributed by atoms with E-state index in [-0.39, 0.29) is 17.1 Å². The van der Waals surface area contributed by atoms with Crippen molar-refractivity contribution >= 4 is 51.4 Å². The van der Waals surface area contributed by atoms with Gasteiger partial charge in [0.2, 0.25) is 11.0 Å². The minimum Gasteiger partial charge on any atom is -0.495 e. The Morgan fingerprint density at radius 1 is 1.03 bits per heavy atom. The molecule has 2 aromatic carbocycles. The number of benzene rings is 2. The van der Waals surface area contributed by atoms with Crippen molar-refractivity contribution in [3.05, 3.63) is 54.1 Å². The molecule has 0 radical (unpaired) electrons. The van der Waals surface area contributed by atoms with Crippen LogP contribution in [0.3, 0.4) is 0 Å². The Bertz CT molecular complexity index is 1090. The van der Waals surface area contributed by atoms with Crippen LogP contribution in [0.1, 0.15) is 31.1 Å². The number of aromatic nitrogens is 2. The zero-order chi connectivity index (χ0) is 23.8. The van der Waals surface area contributed by atoms with Crippen molar-refractivity contribution in [3.63, 3.8) is 0 Å². The summed E-state index contributed by atoms with van der Waals surface area (Å²) in [6, 6.07) is 13.9. The van der Waals surface area contributed by atoms with Crippen molar-refractivity contribution in [3.8, 4) is 5.75 Å². The van der Waals surface area contributed by atoms with Crippen LogP contribution in [0.5, 0.6) is 5.75 Å². The van der Waals surface area contributed by atoms with Gasteiger partial charge in [-0.05, 0) is 49.2 Å². The van der Waals surface area contributed by atoms with E-state index >= 15 is 0 Å². The molecule has 1 heterocycles. The van der Waals surface area contributed by atoms with Gasteiger partial charge < -0.3 is 20.7 Å². The third-order valence-electron chi connectivity index (χ3n) is 4.48. The molecule has 0 fully saturated rings. The summed E-state index contributed by atoms with van der Waals surface area (Å²) in [6.07, 6.45) is 0. The number of rotatable bonds is 10. The molecule has 0 bridgehead atoms. The first-order chi connectivity index (χ1) is 15.9. The smallest absolute Gasteiger partial charge is 0.255 e. The van der Waals surface area contributed by atoms with Crippen molar-refractivity contribution in [2.24, 2.45) is 5.92 Å². The fraction of sp³-hybridized carbons (Fsp3) is 0.304. The summed E-state index contributed by atoms with van der Waals surface area (Å²) in [6.45, 7) is 6.88. The van der Waals surface area contributed by atoms with Crippen molar-refractivity contribution in [1.29, 1.82) is 0 Å². The lowest BCUT2D eigenvalue weighted by Crippen LogP contribution is -2.22. The first kappa shape index (κ1) is 24.5. The van der Waals surface area contributed by atoms with Gasteiger partial charge in [-0.3, -0.25) is 9.59 Å². The maximum absolute atomic E-state index is 12.6. The number of carbonyl (C=O) groups is 2. The van der Waals surface area contributed by atoms with Crippen molar-refractivity contribution < 1.29 is 14.3 Å². The molecule has 3 rings (SSSR count). The van der Waals surface area contributed by atoms with Gasteiger partial charge in [0.15, 0.2) is 4.34 Å². The molecule has 0 aliphatic rings. The zero-order valence-electron chi connectivity index (χ0n) is 18.9. The predicted octanol–water partition coefficient (Wildman–Crippen LogP) is 4.99. The molecule has 0 aliphatic heterocycles. The number of carbonyl (C=O) groups excluding carboxylic acids is 2. The average Bonchev–Trinajstić information content (AvgIpc) is 3.25. The van der Waals surface area contributed by atoms with Crippen LogP contribution in [0, 0.1) is 5.92 Å². The van der Waals surface area contributed by atoms with Gasteiger partial charge in [-0.25, -0.2) is 0 Å². The quantitative estimate of drug-likeness (QED) is 0.348. The number of para-hydroxylation sites is 2. The summed E-state index contributed by atoms with van der Waals surface area (Å²) in [4.78, 5) is 25.1. The second-order valence-corrected chi connectivity index (χ2v) is 10.2. The molecule has 0 aliphatic carbocycles. The van der Waals surface area contributed by atoms with Gasteiger partial charge in [0.05, 0.1) is 18.0 Å². The molecule has 3 N–H and O–H groups in total. The van der Waals surface area contributed by atoms with E-state index in [4.69, 9.17) is 4.74 Å². The number of anilines is 3. The first-order valence-corrected chi connectivity index (χ1v) is 12.1. The molecule has 0 spiro atoms. The average molecular weight is 486 g/mol. The Morgan fingerprint density at radius 3 is 2.45 bits per heavy atom. The van der Waals surface area contributed by atoms with Crippen LogP contribution in [0.15, 0.2) is 52.9 Å². The fourth-order valence-corrected chi connectivity index (χ4v) is 4.62. The van der Waals surface area contributed by atoms with Gasteiger partial charge in [-0.1, -0.05) is 49.1 Å². The highest BCUT2D eigenvalue weighted by Gasteiger charge is 2.18. The number of thioether (sulfide) groups is 1. The van der Waals surface area contributed by atoms with Crippen LogP contribution in [-0.2, 0) is 4.79 Å². The molecule has 33 heavy (non-hydrogen) atoms. The lowest BCUT2D eigenvalue weighted by molar-refractivity contribution is -0.115. The molecule has 1 aromatic heterocycles. The van der Waals surface area contributed by atoms with Gasteiger partial charge in [0.1, 0.15) is 5.75 Å². The van der Waals surface area contributed by atoms with E-state index in [1.54, 1.807) is 43.5 Å². The Kier molecular flexibility index (Phi) is 8.67. The largest absolute Gasteiger partial charge is 0.495 e. The minimum absolute atomic E-state index is 0.155. The molecule has 3 aromatic rings. The molecule has 174 valence electrons. The molecule has 1 atom stereocenters. The van der Waals surface area contributed by atoms with Gasteiger partial charge in [-0.2, -0.15) is 0 Å².